The van der Waals surface area contributed by atoms with Crippen molar-refractivity contribution in [1.82, 2.24) is 4.90 Å². The summed E-state index contributed by atoms with van der Waals surface area (Å²) in [5.74, 6) is 0.917. The smallest absolute Gasteiger partial charge is 0.223 e. The Morgan fingerprint density at radius 1 is 1.39 bits per heavy atom. The first-order valence-electron chi connectivity index (χ1n) is 6.22. The molecule has 1 aliphatic heterocycles. The van der Waals surface area contributed by atoms with E-state index in [1.165, 1.54) is 0 Å². The van der Waals surface area contributed by atoms with Gasteiger partial charge in [-0.1, -0.05) is 12.1 Å². The largest absolute Gasteiger partial charge is 0.497 e. The van der Waals surface area contributed by atoms with Crippen LogP contribution in [0, 0.1) is 0 Å². The molecule has 2 atom stereocenters. The number of likely N-dealkylation sites (tertiary alicyclic amines) is 1. The monoisotopic (exact) mass is 249 g/mol. The van der Waals surface area contributed by atoms with Crippen molar-refractivity contribution in [2.75, 3.05) is 7.11 Å². The maximum Gasteiger partial charge on any atom is 0.223 e. The van der Waals surface area contributed by atoms with Crippen LogP contribution in [-0.2, 0) is 11.3 Å². The maximum absolute atomic E-state index is 11.9. The van der Waals surface area contributed by atoms with Gasteiger partial charge in [-0.3, -0.25) is 4.79 Å². The predicted octanol–water partition coefficient (Wildman–Crippen LogP) is 1.57. The van der Waals surface area contributed by atoms with Crippen molar-refractivity contribution >= 4 is 5.91 Å². The van der Waals surface area contributed by atoms with Crippen molar-refractivity contribution < 1.29 is 14.6 Å². The van der Waals surface area contributed by atoms with Gasteiger partial charge in [0.2, 0.25) is 5.91 Å². The van der Waals surface area contributed by atoms with Crippen LogP contribution >= 0.6 is 0 Å². The van der Waals surface area contributed by atoms with E-state index in [2.05, 4.69) is 0 Å². The number of nitrogens with zero attached hydrogens (tertiary/aromatic N) is 1. The predicted molar refractivity (Wildman–Crippen MR) is 68.2 cm³/mol. The first kappa shape index (κ1) is 12.9. The highest BCUT2D eigenvalue weighted by Crippen LogP contribution is 2.22. The molecule has 4 nitrogen and oxygen atoms in total. The number of hydrogen-bond donors (Lipinski definition) is 1. The van der Waals surface area contributed by atoms with Gasteiger partial charge >= 0.3 is 0 Å². The molecule has 4 heteroatoms. The number of rotatable bonds is 3. The molecule has 1 amide bonds. The molecular weight excluding hydrogens is 230 g/mol. The van der Waals surface area contributed by atoms with Crippen molar-refractivity contribution in [2.45, 2.75) is 38.5 Å². The minimum absolute atomic E-state index is 0.114. The normalized spacial score (nSPS) is 24.2. The summed E-state index contributed by atoms with van der Waals surface area (Å²) in [5, 5.41) is 9.81. The minimum atomic E-state index is -0.416. The highest BCUT2D eigenvalue weighted by atomic mass is 16.5. The number of benzene rings is 1. The Hall–Kier alpha value is -1.55. The zero-order chi connectivity index (χ0) is 13.1. The average Bonchev–Trinajstić information content (AvgIpc) is 2.40. The van der Waals surface area contributed by atoms with Crippen molar-refractivity contribution in [1.29, 1.82) is 0 Å². The molecule has 1 heterocycles. The van der Waals surface area contributed by atoms with Crippen molar-refractivity contribution in [3.63, 3.8) is 0 Å². The second-order valence-electron chi connectivity index (χ2n) is 4.72. The maximum atomic E-state index is 11.9. The van der Waals surface area contributed by atoms with Crippen LogP contribution < -0.4 is 4.74 Å². The van der Waals surface area contributed by atoms with Crippen LogP contribution in [0.25, 0.3) is 0 Å². The highest BCUT2D eigenvalue weighted by molar-refractivity contribution is 5.77. The first-order valence-corrected chi connectivity index (χ1v) is 6.22. The lowest BCUT2D eigenvalue weighted by atomic mass is 9.99. The van der Waals surface area contributed by atoms with Gasteiger partial charge in [-0.05, 0) is 31.0 Å². The number of carbonyl (C=O) groups excluding carboxylic acids is 1. The minimum Gasteiger partial charge on any atom is -0.497 e. The molecule has 1 aliphatic rings. The van der Waals surface area contributed by atoms with E-state index < -0.39 is 6.10 Å². The van der Waals surface area contributed by atoms with E-state index in [4.69, 9.17) is 4.74 Å². The Labute approximate surface area is 107 Å². The standard InChI is InChI=1S/C14H19NO3/c1-10-13(16)7-8-14(17)15(10)9-11-3-5-12(18-2)6-4-11/h3-6,10,13,16H,7-9H2,1-2H3/t10-,13-/m0/s1. The van der Waals surface area contributed by atoms with E-state index in [0.29, 0.717) is 19.4 Å². The number of piperidine rings is 1. The van der Waals surface area contributed by atoms with Crippen molar-refractivity contribution in [3.05, 3.63) is 29.8 Å². The number of aliphatic hydroxyl groups is 1. The molecule has 0 bridgehead atoms. The SMILES string of the molecule is COc1ccc(CN2C(=O)CC[C@H](O)[C@@H]2C)cc1. The summed E-state index contributed by atoms with van der Waals surface area (Å²) in [6.45, 7) is 2.44. The van der Waals surface area contributed by atoms with Gasteiger partial charge in [0.1, 0.15) is 5.75 Å². The fourth-order valence-electron chi connectivity index (χ4n) is 2.25. The zero-order valence-corrected chi connectivity index (χ0v) is 10.8. The lowest BCUT2D eigenvalue weighted by Crippen LogP contribution is -2.48. The zero-order valence-electron chi connectivity index (χ0n) is 10.8. The van der Waals surface area contributed by atoms with E-state index in [-0.39, 0.29) is 11.9 Å². The number of aliphatic hydroxyl groups excluding tert-OH is 1. The quantitative estimate of drug-likeness (QED) is 0.884. The summed E-state index contributed by atoms with van der Waals surface area (Å²) >= 11 is 0. The molecule has 0 aromatic heterocycles. The summed E-state index contributed by atoms with van der Waals surface area (Å²) in [7, 11) is 1.63. The molecule has 0 radical (unpaired) electrons. The number of ether oxygens (including phenoxy) is 1. The van der Waals surface area contributed by atoms with E-state index >= 15 is 0 Å². The molecule has 0 spiro atoms. The Morgan fingerprint density at radius 3 is 2.67 bits per heavy atom. The lowest BCUT2D eigenvalue weighted by molar-refractivity contribution is -0.141. The van der Waals surface area contributed by atoms with Gasteiger partial charge in [0, 0.05) is 13.0 Å². The van der Waals surface area contributed by atoms with Crippen LogP contribution in [0.2, 0.25) is 0 Å². The fourth-order valence-corrected chi connectivity index (χ4v) is 2.25. The van der Waals surface area contributed by atoms with Gasteiger partial charge in [0.05, 0.1) is 19.3 Å². The molecule has 1 fully saturated rings. The molecule has 0 saturated carbocycles. The second kappa shape index (κ2) is 5.40. The van der Waals surface area contributed by atoms with Gasteiger partial charge < -0.3 is 14.7 Å². The molecule has 98 valence electrons. The Morgan fingerprint density at radius 2 is 2.06 bits per heavy atom. The van der Waals surface area contributed by atoms with E-state index in [9.17, 15) is 9.90 Å². The van der Waals surface area contributed by atoms with E-state index in [1.807, 2.05) is 31.2 Å². The van der Waals surface area contributed by atoms with Gasteiger partial charge in [-0.15, -0.1) is 0 Å². The van der Waals surface area contributed by atoms with Crippen LogP contribution in [0.5, 0.6) is 5.75 Å². The second-order valence-corrected chi connectivity index (χ2v) is 4.72. The van der Waals surface area contributed by atoms with Gasteiger partial charge in [-0.25, -0.2) is 0 Å². The number of amides is 1. The summed E-state index contributed by atoms with van der Waals surface area (Å²) < 4.78 is 5.10. The van der Waals surface area contributed by atoms with Crippen molar-refractivity contribution in [2.24, 2.45) is 0 Å². The Balaban J connectivity index is 2.08. The lowest BCUT2D eigenvalue weighted by Gasteiger charge is -2.36. The summed E-state index contributed by atoms with van der Waals surface area (Å²) in [5.41, 5.74) is 1.05. The van der Waals surface area contributed by atoms with Crippen LogP contribution in [-0.4, -0.2) is 35.2 Å². The number of methoxy groups -OCH3 is 1. The molecule has 18 heavy (non-hydrogen) atoms. The molecule has 1 N–H and O–H groups in total. The third-order valence-corrected chi connectivity index (χ3v) is 3.53. The molecule has 1 aromatic carbocycles. The van der Waals surface area contributed by atoms with Crippen molar-refractivity contribution in [3.8, 4) is 5.75 Å². The van der Waals surface area contributed by atoms with Crippen LogP contribution in [0.3, 0.4) is 0 Å². The molecular formula is C14H19NO3. The number of hydrogen-bond acceptors (Lipinski definition) is 3. The Bertz CT molecular complexity index is 416. The first-order chi connectivity index (χ1) is 8.61. The van der Waals surface area contributed by atoms with Gasteiger partial charge in [-0.2, -0.15) is 0 Å². The molecule has 2 rings (SSSR count). The molecule has 1 saturated heterocycles. The van der Waals surface area contributed by atoms with E-state index in [1.54, 1.807) is 12.0 Å². The average molecular weight is 249 g/mol. The number of carbonyl (C=O) groups is 1. The molecule has 0 unspecified atom stereocenters. The summed E-state index contributed by atoms with van der Waals surface area (Å²) in [6.07, 6.45) is 0.585. The van der Waals surface area contributed by atoms with Crippen LogP contribution in [0.4, 0.5) is 0 Å². The Kier molecular flexibility index (Phi) is 3.87. The summed E-state index contributed by atoms with van der Waals surface area (Å²) in [4.78, 5) is 13.6. The topological polar surface area (TPSA) is 49.8 Å². The van der Waals surface area contributed by atoms with Gasteiger partial charge in [0.15, 0.2) is 0 Å². The molecule has 1 aromatic rings. The molecule has 0 aliphatic carbocycles. The summed E-state index contributed by atoms with van der Waals surface area (Å²) in [6, 6.07) is 7.53. The fraction of sp³-hybridized carbons (Fsp3) is 0.500. The van der Waals surface area contributed by atoms with Gasteiger partial charge in [0.25, 0.3) is 0 Å². The van der Waals surface area contributed by atoms with E-state index in [0.717, 1.165) is 11.3 Å². The highest BCUT2D eigenvalue weighted by Gasteiger charge is 2.31. The third kappa shape index (κ3) is 2.64. The van der Waals surface area contributed by atoms with Crippen LogP contribution in [0.15, 0.2) is 24.3 Å². The van der Waals surface area contributed by atoms with Crippen LogP contribution in [0.1, 0.15) is 25.3 Å². The third-order valence-electron chi connectivity index (χ3n) is 3.53.